The maximum atomic E-state index is 13.4. The van der Waals surface area contributed by atoms with E-state index in [-0.39, 0.29) is 30.3 Å². The van der Waals surface area contributed by atoms with Gasteiger partial charge in [0.2, 0.25) is 11.8 Å². The average molecular weight is 435 g/mol. The lowest BCUT2D eigenvalue weighted by Crippen LogP contribution is -2.56. The van der Waals surface area contributed by atoms with Crippen molar-refractivity contribution in [3.05, 3.63) is 53.6 Å². The van der Waals surface area contributed by atoms with Crippen molar-refractivity contribution in [1.82, 2.24) is 4.90 Å². The number of aryl methyl sites for hydroxylation is 1. The molecular weight excluding hydrogens is 404 g/mol. The summed E-state index contributed by atoms with van der Waals surface area (Å²) >= 11 is 0. The summed E-state index contributed by atoms with van der Waals surface area (Å²) in [4.78, 5) is 44.0. The van der Waals surface area contributed by atoms with Crippen LogP contribution < -0.4 is 15.1 Å². The third-order valence-electron chi connectivity index (χ3n) is 6.23. The Kier molecular flexibility index (Phi) is 6.17. The Bertz CT molecular complexity index is 1030. The van der Waals surface area contributed by atoms with Gasteiger partial charge in [-0.25, -0.2) is 0 Å². The summed E-state index contributed by atoms with van der Waals surface area (Å²) in [5, 5.41) is 2.90. The Morgan fingerprint density at radius 2 is 1.81 bits per heavy atom. The van der Waals surface area contributed by atoms with E-state index in [1.54, 1.807) is 31.1 Å². The third kappa shape index (κ3) is 4.20. The molecule has 1 atom stereocenters. The largest absolute Gasteiger partial charge is 0.358 e. The summed E-state index contributed by atoms with van der Waals surface area (Å²) in [6.45, 7) is 2.79. The lowest BCUT2D eigenvalue weighted by atomic mass is 9.95. The number of anilines is 3. The monoisotopic (exact) mass is 434 g/mol. The van der Waals surface area contributed by atoms with Gasteiger partial charge in [-0.2, -0.15) is 0 Å². The SMILES string of the molecule is CCc1ccc(NC(=O)CN2C(=O)[C@H]3CCCCN3c3ccc(C(=O)N(C)C)cc32)cc1. The Labute approximate surface area is 189 Å². The van der Waals surface area contributed by atoms with Crippen LogP contribution in [0.4, 0.5) is 17.1 Å². The van der Waals surface area contributed by atoms with Crippen molar-refractivity contribution in [3.8, 4) is 0 Å². The fourth-order valence-electron chi connectivity index (χ4n) is 4.48. The molecule has 0 spiro atoms. The maximum Gasteiger partial charge on any atom is 0.253 e. The Balaban J connectivity index is 1.63. The van der Waals surface area contributed by atoms with Crippen LogP contribution >= 0.6 is 0 Å². The first-order valence-corrected chi connectivity index (χ1v) is 11.2. The van der Waals surface area contributed by atoms with Crippen LogP contribution in [0.5, 0.6) is 0 Å². The van der Waals surface area contributed by atoms with Crippen LogP contribution in [0.3, 0.4) is 0 Å². The van der Waals surface area contributed by atoms with Crippen LogP contribution in [0, 0.1) is 0 Å². The van der Waals surface area contributed by atoms with Crippen LogP contribution in [0.1, 0.15) is 42.1 Å². The van der Waals surface area contributed by atoms with Crippen LogP contribution in [0.25, 0.3) is 0 Å². The first kappa shape index (κ1) is 21.9. The van der Waals surface area contributed by atoms with Crippen molar-refractivity contribution in [1.29, 1.82) is 0 Å². The van der Waals surface area contributed by atoms with E-state index in [1.807, 2.05) is 30.3 Å². The zero-order valence-corrected chi connectivity index (χ0v) is 18.9. The first-order valence-electron chi connectivity index (χ1n) is 11.2. The van der Waals surface area contributed by atoms with E-state index < -0.39 is 0 Å². The van der Waals surface area contributed by atoms with Gasteiger partial charge >= 0.3 is 0 Å². The Hall–Kier alpha value is -3.35. The van der Waals surface area contributed by atoms with Gasteiger partial charge in [0.15, 0.2) is 0 Å². The average Bonchev–Trinajstić information content (AvgIpc) is 2.81. The standard InChI is InChI=1S/C25H30N4O3/c1-4-17-8-11-19(12-9-17)26-23(30)16-29-22-15-18(24(31)27(2)3)10-13-20(22)28-14-6-5-7-21(28)25(29)32/h8-13,15,21H,4-7,14,16H2,1-3H3,(H,26,30)/t21-/m1/s1. The molecule has 0 aliphatic carbocycles. The molecule has 2 aromatic rings. The van der Waals surface area contributed by atoms with Crippen molar-refractivity contribution in [2.75, 3.05) is 42.3 Å². The van der Waals surface area contributed by atoms with E-state index in [2.05, 4.69) is 17.1 Å². The highest BCUT2D eigenvalue weighted by Gasteiger charge is 2.40. The molecule has 168 valence electrons. The summed E-state index contributed by atoms with van der Waals surface area (Å²) in [7, 11) is 3.39. The van der Waals surface area contributed by atoms with Crippen molar-refractivity contribution < 1.29 is 14.4 Å². The van der Waals surface area contributed by atoms with Crippen LogP contribution in [0.15, 0.2) is 42.5 Å². The molecule has 1 fully saturated rings. The summed E-state index contributed by atoms with van der Waals surface area (Å²) in [5.41, 5.74) is 3.92. The molecule has 0 unspecified atom stereocenters. The molecule has 0 saturated carbocycles. The predicted molar refractivity (Wildman–Crippen MR) is 126 cm³/mol. The second kappa shape index (κ2) is 9.02. The molecule has 2 heterocycles. The molecular formula is C25H30N4O3. The molecule has 2 aliphatic rings. The molecule has 7 nitrogen and oxygen atoms in total. The lowest BCUT2D eigenvalue weighted by Gasteiger charge is -2.45. The summed E-state index contributed by atoms with van der Waals surface area (Å²) in [6, 6.07) is 12.9. The summed E-state index contributed by atoms with van der Waals surface area (Å²) in [6.07, 6.45) is 3.71. The highest BCUT2D eigenvalue weighted by atomic mass is 16.2. The van der Waals surface area contributed by atoms with Gasteiger partial charge in [-0.05, 0) is 61.6 Å². The van der Waals surface area contributed by atoms with Gasteiger partial charge in [0.25, 0.3) is 5.91 Å². The number of nitrogens with one attached hydrogen (secondary N) is 1. The zero-order valence-electron chi connectivity index (χ0n) is 18.9. The smallest absolute Gasteiger partial charge is 0.253 e. The maximum absolute atomic E-state index is 13.4. The number of fused-ring (bicyclic) bond motifs is 3. The number of carbonyl (C=O) groups is 3. The topological polar surface area (TPSA) is 73.0 Å². The minimum absolute atomic E-state index is 0.0804. The second-order valence-electron chi connectivity index (χ2n) is 8.63. The fraction of sp³-hybridized carbons (Fsp3) is 0.400. The predicted octanol–water partition coefficient (Wildman–Crippen LogP) is 3.30. The third-order valence-corrected chi connectivity index (χ3v) is 6.23. The zero-order chi connectivity index (χ0) is 22.8. The number of piperidine rings is 1. The molecule has 0 bridgehead atoms. The molecule has 2 aromatic carbocycles. The van der Waals surface area contributed by atoms with Gasteiger partial charge in [0, 0.05) is 31.9 Å². The molecule has 32 heavy (non-hydrogen) atoms. The molecule has 0 radical (unpaired) electrons. The Morgan fingerprint density at radius 1 is 1.06 bits per heavy atom. The molecule has 1 saturated heterocycles. The minimum Gasteiger partial charge on any atom is -0.358 e. The highest BCUT2D eigenvalue weighted by molar-refractivity contribution is 6.11. The number of hydrogen-bond donors (Lipinski definition) is 1. The van der Waals surface area contributed by atoms with E-state index >= 15 is 0 Å². The summed E-state index contributed by atoms with van der Waals surface area (Å²) < 4.78 is 0. The van der Waals surface area contributed by atoms with Crippen molar-refractivity contribution in [3.63, 3.8) is 0 Å². The van der Waals surface area contributed by atoms with Crippen molar-refractivity contribution in [2.45, 2.75) is 38.6 Å². The van der Waals surface area contributed by atoms with Crippen molar-refractivity contribution >= 4 is 34.8 Å². The molecule has 4 rings (SSSR count). The number of hydrogen-bond acceptors (Lipinski definition) is 4. The van der Waals surface area contributed by atoms with E-state index in [9.17, 15) is 14.4 Å². The van der Waals surface area contributed by atoms with Crippen LogP contribution in [0.2, 0.25) is 0 Å². The van der Waals surface area contributed by atoms with Gasteiger partial charge in [-0.1, -0.05) is 19.1 Å². The molecule has 7 heteroatoms. The van der Waals surface area contributed by atoms with Crippen molar-refractivity contribution in [2.24, 2.45) is 0 Å². The molecule has 0 aromatic heterocycles. The molecule has 3 amide bonds. The normalized spacial score (nSPS) is 17.5. The molecule has 2 aliphatic heterocycles. The molecule has 1 N–H and O–H groups in total. The number of nitrogens with zero attached hydrogens (tertiary/aromatic N) is 3. The Morgan fingerprint density at radius 3 is 2.50 bits per heavy atom. The van der Waals surface area contributed by atoms with Gasteiger partial charge in [0.1, 0.15) is 12.6 Å². The van der Waals surface area contributed by atoms with E-state index in [4.69, 9.17) is 0 Å². The van der Waals surface area contributed by atoms with Crippen LogP contribution in [-0.2, 0) is 16.0 Å². The first-order chi connectivity index (χ1) is 15.4. The summed E-state index contributed by atoms with van der Waals surface area (Å²) in [5.74, 6) is -0.480. The van der Waals surface area contributed by atoms with Crippen LogP contribution in [-0.4, -0.2) is 55.8 Å². The fourth-order valence-corrected chi connectivity index (χ4v) is 4.48. The van der Waals surface area contributed by atoms with E-state index in [0.717, 1.165) is 37.9 Å². The highest BCUT2D eigenvalue weighted by Crippen LogP contribution is 2.40. The van der Waals surface area contributed by atoms with Gasteiger partial charge in [0.05, 0.1) is 11.4 Å². The lowest BCUT2D eigenvalue weighted by molar-refractivity contribution is -0.123. The van der Waals surface area contributed by atoms with Gasteiger partial charge in [-0.15, -0.1) is 0 Å². The van der Waals surface area contributed by atoms with E-state index in [1.165, 1.54) is 10.5 Å². The van der Waals surface area contributed by atoms with Gasteiger partial charge < -0.3 is 15.1 Å². The number of carbonyl (C=O) groups excluding carboxylic acids is 3. The quantitative estimate of drug-likeness (QED) is 0.784. The van der Waals surface area contributed by atoms with E-state index in [0.29, 0.717) is 16.9 Å². The number of amides is 3. The second-order valence-corrected chi connectivity index (χ2v) is 8.63. The number of rotatable bonds is 5. The minimum atomic E-state index is -0.262. The number of benzene rings is 2. The van der Waals surface area contributed by atoms with Gasteiger partial charge in [-0.3, -0.25) is 19.3 Å².